The van der Waals surface area contributed by atoms with E-state index in [0.29, 0.717) is 23.3 Å². The van der Waals surface area contributed by atoms with Gasteiger partial charge in [-0.15, -0.1) is 11.8 Å². The first-order valence-corrected chi connectivity index (χ1v) is 9.60. The number of oxazole rings is 1. The number of carbonyl (C=O) groups is 1. The lowest BCUT2D eigenvalue weighted by Crippen LogP contribution is -2.26. The highest BCUT2D eigenvalue weighted by Gasteiger charge is 2.13. The fourth-order valence-corrected chi connectivity index (χ4v) is 3.08. The van der Waals surface area contributed by atoms with Gasteiger partial charge in [-0.1, -0.05) is 19.9 Å². The number of amides is 1. The Kier molecular flexibility index (Phi) is 7.37. The summed E-state index contributed by atoms with van der Waals surface area (Å²) in [6.45, 7) is 6.93. The van der Waals surface area contributed by atoms with E-state index < -0.39 is 0 Å². The van der Waals surface area contributed by atoms with Crippen molar-refractivity contribution in [2.45, 2.75) is 32.9 Å². The predicted octanol–water partition coefficient (Wildman–Crippen LogP) is 4.05. The van der Waals surface area contributed by atoms with Crippen molar-refractivity contribution in [3.63, 3.8) is 0 Å². The third-order valence-electron chi connectivity index (χ3n) is 3.73. The molecule has 0 saturated carbocycles. The van der Waals surface area contributed by atoms with E-state index in [1.807, 2.05) is 31.2 Å². The molecular weight excluding hydrogens is 336 g/mol. The van der Waals surface area contributed by atoms with Crippen LogP contribution in [0.3, 0.4) is 0 Å². The highest BCUT2D eigenvalue weighted by Crippen LogP contribution is 2.26. The molecule has 0 saturated heterocycles. The van der Waals surface area contributed by atoms with Crippen molar-refractivity contribution >= 4 is 17.7 Å². The normalized spacial score (nSPS) is 10.9. The van der Waals surface area contributed by atoms with Crippen LogP contribution in [-0.2, 0) is 10.5 Å². The van der Waals surface area contributed by atoms with Crippen LogP contribution < -0.4 is 10.1 Å². The van der Waals surface area contributed by atoms with Crippen molar-refractivity contribution in [3.8, 4) is 17.2 Å². The lowest BCUT2D eigenvalue weighted by Gasteiger charge is -2.06. The Labute approximate surface area is 153 Å². The van der Waals surface area contributed by atoms with E-state index >= 15 is 0 Å². The molecule has 2 aromatic rings. The summed E-state index contributed by atoms with van der Waals surface area (Å²) in [4.78, 5) is 16.4. The highest BCUT2D eigenvalue weighted by molar-refractivity contribution is 7.99. The zero-order valence-corrected chi connectivity index (χ0v) is 16.1. The average molecular weight is 362 g/mol. The Morgan fingerprint density at radius 3 is 2.92 bits per heavy atom. The molecule has 5 nitrogen and oxygen atoms in total. The van der Waals surface area contributed by atoms with Crippen molar-refractivity contribution in [1.29, 1.82) is 0 Å². The number of hydrogen-bond acceptors (Lipinski definition) is 5. The average Bonchev–Trinajstić information content (AvgIpc) is 2.95. The van der Waals surface area contributed by atoms with Crippen molar-refractivity contribution in [1.82, 2.24) is 10.3 Å². The lowest BCUT2D eigenvalue weighted by molar-refractivity contribution is -0.118. The quantitative estimate of drug-likeness (QED) is 0.729. The minimum Gasteiger partial charge on any atom is -0.497 e. The molecule has 0 bridgehead atoms. The molecule has 0 atom stereocenters. The second-order valence-corrected chi connectivity index (χ2v) is 7.26. The molecule has 0 aliphatic rings. The minimum absolute atomic E-state index is 0.0693. The van der Waals surface area contributed by atoms with Gasteiger partial charge in [0.25, 0.3) is 0 Å². The Morgan fingerprint density at radius 2 is 2.20 bits per heavy atom. The molecule has 136 valence electrons. The van der Waals surface area contributed by atoms with Crippen molar-refractivity contribution < 1.29 is 13.9 Å². The molecule has 0 aliphatic heterocycles. The summed E-state index contributed by atoms with van der Waals surface area (Å²) in [5.74, 6) is 3.87. The zero-order valence-electron chi connectivity index (χ0n) is 15.3. The van der Waals surface area contributed by atoms with Gasteiger partial charge in [-0.3, -0.25) is 4.79 Å². The lowest BCUT2D eigenvalue weighted by atomic mass is 10.1. The first-order chi connectivity index (χ1) is 12.0. The van der Waals surface area contributed by atoms with Gasteiger partial charge in [-0.25, -0.2) is 4.98 Å². The van der Waals surface area contributed by atoms with Crippen molar-refractivity contribution in [2.24, 2.45) is 5.92 Å². The van der Waals surface area contributed by atoms with Crippen LogP contribution in [0.4, 0.5) is 0 Å². The van der Waals surface area contributed by atoms with Crippen LogP contribution in [0.2, 0.25) is 0 Å². The van der Waals surface area contributed by atoms with E-state index in [-0.39, 0.29) is 5.91 Å². The Balaban J connectivity index is 1.87. The van der Waals surface area contributed by atoms with Gasteiger partial charge in [0.2, 0.25) is 11.8 Å². The maximum atomic E-state index is 11.8. The maximum Gasteiger partial charge on any atom is 0.230 e. The molecule has 0 aliphatic carbocycles. The standard InChI is InChI=1S/C19H26N2O3S/c1-13(2)8-9-20-18(22)12-25-11-17-14(3)24-19(21-17)15-6-5-7-16(10-15)23-4/h5-7,10,13H,8-9,11-12H2,1-4H3,(H,20,22). The van der Waals surface area contributed by atoms with Gasteiger partial charge >= 0.3 is 0 Å². The van der Waals surface area contributed by atoms with E-state index in [4.69, 9.17) is 9.15 Å². The van der Waals surface area contributed by atoms with Gasteiger partial charge in [0.05, 0.1) is 18.6 Å². The van der Waals surface area contributed by atoms with Crippen LogP contribution in [0.15, 0.2) is 28.7 Å². The number of carbonyl (C=O) groups excluding carboxylic acids is 1. The molecule has 0 spiro atoms. The molecule has 0 unspecified atom stereocenters. The molecule has 6 heteroatoms. The molecule has 25 heavy (non-hydrogen) atoms. The molecule has 1 aromatic carbocycles. The summed E-state index contributed by atoms with van der Waals surface area (Å²) in [6.07, 6.45) is 1.00. The monoisotopic (exact) mass is 362 g/mol. The number of ether oxygens (including phenoxy) is 1. The molecule has 0 fully saturated rings. The number of aryl methyl sites for hydroxylation is 1. The predicted molar refractivity (Wildman–Crippen MR) is 102 cm³/mol. The third kappa shape index (κ3) is 6.12. The summed E-state index contributed by atoms with van der Waals surface area (Å²) in [6, 6.07) is 7.62. The highest BCUT2D eigenvalue weighted by atomic mass is 32.2. The summed E-state index contributed by atoms with van der Waals surface area (Å²) < 4.78 is 11.0. The van der Waals surface area contributed by atoms with Gasteiger partial charge in [-0.2, -0.15) is 0 Å². The van der Waals surface area contributed by atoms with E-state index in [2.05, 4.69) is 24.1 Å². The second-order valence-electron chi connectivity index (χ2n) is 6.28. The molecule has 1 aromatic heterocycles. The largest absolute Gasteiger partial charge is 0.497 e. The number of nitrogens with one attached hydrogen (secondary N) is 1. The fraction of sp³-hybridized carbons (Fsp3) is 0.474. The minimum atomic E-state index is 0.0693. The van der Waals surface area contributed by atoms with Gasteiger partial charge in [-0.05, 0) is 37.5 Å². The number of thioether (sulfide) groups is 1. The van der Waals surface area contributed by atoms with Gasteiger partial charge in [0.1, 0.15) is 11.5 Å². The van der Waals surface area contributed by atoms with Gasteiger partial charge in [0, 0.05) is 17.9 Å². The van der Waals surface area contributed by atoms with Crippen LogP contribution in [0.5, 0.6) is 5.75 Å². The summed E-state index contributed by atoms with van der Waals surface area (Å²) in [5, 5.41) is 2.94. The Bertz CT molecular complexity index is 698. The molecule has 0 radical (unpaired) electrons. The number of nitrogens with zero attached hydrogens (tertiary/aromatic N) is 1. The number of rotatable bonds is 9. The van der Waals surface area contributed by atoms with Crippen LogP contribution in [0.25, 0.3) is 11.5 Å². The van der Waals surface area contributed by atoms with Crippen molar-refractivity contribution in [2.75, 3.05) is 19.4 Å². The third-order valence-corrected chi connectivity index (χ3v) is 4.67. The Morgan fingerprint density at radius 1 is 1.40 bits per heavy atom. The maximum absolute atomic E-state index is 11.8. The summed E-state index contributed by atoms with van der Waals surface area (Å²) in [5.41, 5.74) is 1.75. The summed E-state index contributed by atoms with van der Waals surface area (Å²) >= 11 is 1.54. The smallest absolute Gasteiger partial charge is 0.230 e. The van der Waals surface area contributed by atoms with Crippen LogP contribution in [0.1, 0.15) is 31.7 Å². The number of benzene rings is 1. The SMILES string of the molecule is COc1cccc(-c2nc(CSCC(=O)NCCC(C)C)c(C)o2)c1. The molecule has 2 rings (SSSR count). The van der Waals surface area contributed by atoms with E-state index in [9.17, 15) is 4.79 Å². The molecular formula is C19H26N2O3S. The van der Waals surface area contributed by atoms with Crippen LogP contribution in [-0.4, -0.2) is 30.3 Å². The Hall–Kier alpha value is -1.95. The topological polar surface area (TPSA) is 64.4 Å². The molecule has 1 amide bonds. The van der Waals surface area contributed by atoms with E-state index in [0.717, 1.165) is 35.7 Å². The van der Waals surface area contributed by atoms with Crippen LogP contribution >= 0.6 is 11.8 Å². The number of hydrogen-bond donors (Lipinski definition) is 1. The zero-order chi connectivity index (χ0) is 18.2. The van der Waals surface area contributed by atoms with Gasteiger partial charge in [0.15, 0.2) is 0 Å². The second kappa shape index (κ2) is 9.51. The van der Waals surface area contributed by atoms with E-state index in [1.165, 1.54) is 0 Å². The fourth-order valence-electron chi connectivity index (χ4n) is 2.23. The summed E-state index contributed by atoms with van der Waals surface area (Å²) in [7, 11) is 1.63. The molecule has 1 heterocycles. The number of aromatic nitrogens is 1. The van der Waals surface area contributed by atoms with E-state index in [1.54, 1.807) is 18.9 Å². The van der Waals surface area contributed by atoms with Gasteiger partial charge < -0.3 is 14.5 Å². The molecule has 1 N–H and O–H groups in total. The first kappa shape index (κ1) is 19.4. The first-order valence-electron chi connectivity index (χ1n) is 8.44. The number of methoxy groups -OCH3 is 1. The van der Waals surface area contributed by atoms with Crippen molar-refractivity contribution in [3.05, 3.63) is 35.7 Å². The van der Waals surface area contributed by atoms with Crippen LogP contribution in [0, 0.1) is 12.8 Å².